The molecule has 0 aliphatic heterocycles. The van der Waals surface area contributed by atoms with E-state index in [4.69, 9.17) is 36.5 Å². The van der Waals surface area contributed by atoms with Crippen LogP contribution in [0.25, 0.3) is 107 Å². The summed E-state index contributed by atoms with van der Waals surface area (Å²) in [6.07, 6.45) is 0. The van der Waals surface area contributed by atoms with Crippen LogP contribution >= 0.6 is 0 Å². The minimum Gasteiger partial charge on any atom is -0.238 e. The van der Waals surface area contributed by atoms with Crippen molar-refractivity contribution in [2.75, 3.05) is 0 Å². The summed E-state index contributed by atoms with van der Waals surface area (Å²) in [7, 11) is 0. The standard InChI is InChI=1S/C55H35N7/c1-56-49-32-17-16-30-46(49)45-34-33-43(54-59-50(38-21-8-3-9-22-38)58-53(60-54)42-28-18-27-41(35-42)37-19-6-2-7-20-37)36-48(45)44-29-14-15-31-47(44)55-61-51(39-23-10-4-11-24-39)57-52(62-55)40-25-12-5-13-26-40/h2-36H. The molecule has 0 aliphatic carbocycles. The van der Waals surface area contributed by atoms with Crippen molar-refractivity contribution < 1.29 is 0 Å². The van der Waals surface area contributed by atoms with Crippen molar-refractivity contribution in [2.45, 2.75) is 0 Å². The number of nitrogens with zero attached hydrogens (tertiary/aromatic N) is 7. The lowest BCUT2D eigenvalue weighted by molar-refractivity contribution is 1.07. The highest BCUT2D eigenvalue weighted by atomic mass is 15.0. The molecule has 10 aromatic rings. The minimum absolute atomic E-state index is 0.514. The summed E-state index contributed by atoms with van der Waals surface area (Å²) in [4.78, 5) is 34.5. The maximum Gasteiger partial charge on any atom is 0.194 e. The Morgan fingerprint density at radius 3 is 1.15 bits per heavy atom. The van der Waals surface area contributed by atoms with Crippen molar-refractivity contribution in [1.29, 1.82) is 0 Å². The third-order valence-electron chi connectivity index (χ3n) is 10.6. The van der Waals surface area contributed by atoms with Crippen molar-refractivity contribution in [1.82, 2.24) is 29.9 Å². The second-order valence-electron chi connectivity index (χ2n) is 14.6. The first-order valence-electron chi connectivity index (χ1n) is 20.2. The fourth-order valence-electron chi connectivity index (χ4n) is 7.60. The van der Waals surface area contributed by atoms with Crippen LogP contribution in [-0.4, -0.2) is 29.9 Å². The van der Waals surface area contributed by atoms with Gasteiger partial charge in [-0.1, -0.05) is 200 Å². The van der Waals surface area contributed by atoms with Crippen LogP contribution in [0.5, 0.6) is 0 Å². The molecule has 0 unspecified atom stereocenters. The molecule has 7 nitrogen and oxygen atoms in total. The molecule has 0 atom stereocenters. The third-order valence-corrected chi connectivity index (χ3v) is 10.6. The van der Waals surface area contributed by atoms with Gasteiger partial charge in [-0.2, -0.15) is 0 Å². The van der Waals surface area contributed by atoms with Crippen LogP contribution in [0.1, 0.15) is 0 Å². The minimum atomic E-state index is 0.514. The zero-order valence-electron chi connectivity index (χ0n) is 33.3. The summed E-state index contributed by atoms with van der Waals surface area (Å²) in [5.41, 5.74) is 11.3. The number of hydrogen-bond acceptors (Lipinski definition) is 6. The Labute approximate surface area is 359 Å². The second-order valence-corrected chi connectivity index (χ2v) is 14.6. The Morgan fingerprint density at radius 2 is 0.613 bits per heavy atom. The van der Waals surface area contributed by atoms with E-state index in [1.165, 1.54) is 0 Å². The maximum atomic E-state index is 8.13. The Morgan fingerprint density at radius 1 is 0.242 bits per heavy atom. The Bertz CT molecular complexity index is 3180. The molecule has 0 radical (unpaired) electrons. The first-order valence-corrected chi connectivity index (χ1v) is 20.2. The summed E-state index contributed by atoms with van der Waals surface area (Å²) in [5, 5.41) is 0. The van der Waals surface area contributed by atoms with Gasteiger partial charge in [-0.15, -0.1) is 0 Å². The number of benzene rings is 8. The van der Waals surface area contributed by atoms with Gasteiger partial charge in [0.15, 0.2) is 40.6 Å². The van der Waals surface area contributed by atoms with E-state index in [-0.39, 0.29) is 0 Å². The van der Waals surface area contributed by atoms with Crippen LogP contribution in [0.4, 0.5) is 5.69 Å². The molecule has 10 rings (SSSR count). The summed E-state index contributed by atoms with van der Waals surface area (Å²) in [6, 6.07) is 70.5. The molecule has 0 saturated carbocycles. The number of aromatic nitrogens is 6. The summed E-state index contributed by atoms with van der Waals surface area (Å²) in [5.74, 6) is 3.30. The van der Waals surface area contributed by atoms with Gasteiger partial charge in [0.2, 0.25) is 0 Å². The average molecular weight is 794 g/mol. The van der Waals surface area contributed by atoms with Gasteiger partial charge in [0.05, 0.1) is 6.57 Å². The van der Waals surface area contributed by atoms with Gasteiger partial charge < -0.3 is 0 Å². The number of para-hydroxylation sites is 1. The predicted molar refractivity (Wildman–Crippen MR) is 248 cm³/mol. The van der Waals surface area contributed by atoms with Crippen molar-refractivity contribution in [3.8, 4) is 102 Å². The molecule has 0 amide bonds. The Hall–Kier alpha value is -8.73. The molecule has 0 spiro atoms. The molecule has 0 fully saturated rings. The SMILES string of the molecule is [C-]#[N+]c1ccccc1-c1ccc(-c2nc(-c3ccccc3)nc(-c3cccc(-c4ccccc4)c3)n2)cc1-c1ccccc1-c1nc(-c2ccccc2)nc(-c2ccccc2)n1. The molecular weight excluding hydrogens is 759 g/mol. The highest BCUT2D eigenvalue weighted by Crippen LogP contribution is 2.43. The lowest BCUT2D eigenvalue weighted by atomic mass is 9.89. The van der Waals surface area contributed by atoms with Crippen LogP contribution in [0.2, 0.25) is 0 Å². The molecule has 8 aromatic carbocycles. The van der Waals surface area contributed by atoms with E-state index in [9.17, 15) is 0 Å². The first kappa shape index (κ1) is 37.5. The molecule has 0 N–H and O–H groups in total. The van der Waals surface area contributed by atoms with Crippen molar-refractivity contribution in [3.05, 3.63) is 224 Å². The van der Waals surface area contributed by atoms with Gasteiger partial charge in [0, 0.05) is 33.4 Å². The van der Waals surface area contributed by atoms with E-state index in [0.29, 0.717) is 40.6 Å². The topological polar surface area (TPSA) is 81.7 Å². The molecule has 0 aliphatic rings. The normalized spacial score (nSPS) is 10.9. The van der Waals surface area contributed by atoms with Gasteiger partial charge in [0.25, 0.3) is 0 Å². The van der Waals surface area contributed by atoms with Crippen molar-refractivity contribution >= 4 is 5.69 Å². The van der Waals surface area contributed by atoms with E-state index in [1.807, 2.05) is 170 Å². The molecule has 2 aromatic heterocycles. The largest absolute Gasteiger partial charge is 0.238 e. The molecule has 0 bridgehead atoms. The summed E-state index contributed by atoms with van der Waals surface area (Å²) >= 11 is 0. The lowest BCUT2D eigenvalue weighted by Gasteiger charge is -2.17. The third kappa shape index (κ3) is 7.63. The molecule has 290 valence electrons. The van der Waals surface area contributed by atoms with Crippen LogP contribution in [0.3, 0.4) is 0 Å². The Kier molecular flexibility index (Phi) is 10.2. The number of rotatable bonds is 9. The van der Waals surface area contributed by atoms with E-state index < -0.39 is 0 Å². The van der Waals surface area contributed by atoms with Gasteiger partial charge in [-0.05, 0) is 45.5 Å². The highest BCUT2D eigenvalue weighted by molar-refractivity contribution is 5.95. The van der Waals surface area contributed by atoms with E-state index >= 15 is 0 Å². The second kappa shape index (κ2) is 16.9. The number of hydrogen-bond donors (Lipinski definition) is 0. The maximum absolute atomic E-state index is 8.13. The van der Waals surface area contributed by atoms with E-state index in [2.05, 4.69) is 47.3 Å². The fourth-order valence-corrected chi connectivity index (χ4v) is 7.60. The quantitative estimate of drug-likeness (QED) is 0.135. The van der Waals surface area contributed by atoms with Crippen LogP contribution in [-0.2, 0) is 0 Å². The van der Waals surface area contributed by atoms with Gasteiger partial charge in [-0.3, -0.25) is 0 Å². The van der Waals surface area contributed by atoms with Crippen LogP contribution in [0, 0.1) is 6.57 Å². The fraction of sp³-hybridized carbons (Fsp3) is 0. The summed E-state index contributed by atoms with van der Waals surface area (Å²) in [6.45, 7) is 8.13. The predicted octanol–water partition coefficient (Wildman–Crippen LogP) is 13.6. The Balaban J connectivity index is 1.19. The van der Waals surface area contributed by atoms with Crippen molar-refractivity contribution in [3.63, 3.8) is 0 Å². The van der Waals surface area contributed by atoms with Gasteiger partial charge in [-0.25, -0.2) is 34.7 Å². The summed E-state index contributed by atoms with van der Waals surface area (Å²) < 4.78 is 0. The van der Waals surface area contributed by atoms with Crippen LogP contribution in [0.15, 0.2) is 212 Å². The lowest BCUT2D eigenvalue weighted by Crippen LogP contribution is -2.02. The first-order chi connectivity index (χ1) is 30.7. The van der Waals surface area contributed by atoms with E-state index in [1.54, 1.807) is 0 Å². The average Bonchev–Trinajstić information content (AvgIpc) is 3.37. The molecule has 7 heteroatoms. The smallest absolute Gasteiger partial charge is 0.194 e. The van der Waals surface area contributed by atoms with Crippen molar-refractivity contribution in [2.24, 2.45) is 0 Å². The van der Waals surface area contributed by atoms with Gasteiger partial charge in [0.1, 0.15) is 0 Å². The highest BCUT2D eigenvalue weighted by Gasteiger charge is 2.21. The van der Waals surface area contributed by atoms with Gasteiger partial charge >= 0.3 is 0 Å². The molecule has 2 heterocycles. The molecule has 62 heavy (non-hydrogen) atoms. The van der Waals surface area contributed by atoms with E-state index in [0.717, 1.165) is 66.8 Å². The molecule has 0 saturated heterocycles. The molecular formula is C55H35N7. The zero-order valence-corrected chi connectivity index (χ0v) is 33.3. The zero-order chi connectivity index (χ0) is 41.7. The van der Waals surface area contributed by atoms with Crippen LogP contribution < -0.4 is 0 Å². The monoisotopic (exact) mass is 793 g/mol.